The molecule has 8 nitrogen and oxygen atoms in total. The highest BCUT2D eigenvalue weighted by Crippen LogP contribution is 2.44. The Kier molecular flexibility index (Phi) is 6.83. The van der Waals surface area contributed by atoms with Crippen molar-refractivity contribution in [3.05, 3.63) is 52.9 Å². The van der Waals surface area contributed by atoms with Crippen LogP contribution in [0.25, 0.3) is 11.3 Å². The summed E-state index contributed by atoms with van der Waals surface area (Å²) in [6, 6.07) is 7.34. The van der Waals surface area contributed by atoms with E-state index in [9.17, 15) is 4.79 Å². The molecular weight excluding hydrogens is 468 g/mol. The number of hydrogen-bond acceptors (Lipinski definition) is 6. The Hall–Kier alpha value is -3.23. The van der Waals surface area contributed by atoms with E-state index in [0.717, 1.165) is 42.8 Å². The monoisotopic (exact) mass is 496 g/mol. The van der Waals surface area contributed by atoms with E-state index in [2.05, 4.69) is 27.5 Å². The van der Waals surface area contributed by atoms with Crippen molar-refractivity contribution in [2.45, 2.75) is 38.2 Å². The van der Waals surface area contributed by atoms with Crippen LogP contribution >= 0.6 is 11.6 Å². The van der Waals surface area contributed by atoms with Crippen LogP contribution in [-0.4, -0.2) is 48.8 Å². The number of nitrogens with one attached hydrogen (secondary N) is 3. The Morgan fingerprint density at radius 1 is 1.29 bits per heavy atom. The Labute approximate surface area is 209 Å². The molecule has 0 spiro atoms. The number of fused-ring (bicyclic) bond motifs is 1. The van der Waals surface area contributed by atoms with Crippen molar-refractivity contribution < 1.29 is 19.0 Å². The maximum absolute atomic E-state index is 13.0. The second-order valence-corrected chi connectivity index (χ2v) is 9.30. The van der Waals surface area contributed by atoms with E-state index in [4.69, 9.17) is 25.8 Å². The van der Waals surface area contributed by atoms with Gasteiger partial charge in [-0.2, -0.15) is 0 Å². The lowest BCUT2D eigenvalue weighted by molar-refractivity contribution is -0.0110. The van der Waals surface area contributed by atoms with E-state index in [1.54, 1.807) is 25.6 Å². The molecule has 3 N–H and O–H groups in total. The summed E-state index contributed by atoms with van der Waals surface area (Å²) in [5, 5.41) is 6.88. The van der Waals surface area contributed by atoms with Gasteiger partial charge in [0.2, 0.25) is 0 Å². The van der Waals surface area contributed by atoms with Crippen molar-refractivity contribution in [2.75, 3.05) is 32.2 Å². The number of ether oxygens (including phenoxy) is 3. The fourth-order valence-electron chi connectivity index (χ4n) is 4.66. The Bertz CT molecular complexity index is 1220. The van der Waals surface area contributed by atoms with Gasteiger partial charge in [0, 0.05) is 36.5 Å². The first kappa shape index (κ1) is 23.5. The zero-order chi connectivity index (χ0) is 24.4. The van der Waals surface area contributed by atoms with E-state index < -0.39 is 0 Å². The Morgan fingerprint density at radius 3 is 2.97 bits per heavy atom. The molecule has 3 aromatic rings. The standard InChI is InChI=1S/C26H29ClN4O4/c1-15-12-29-26(32)21-22(15)31-23(24(21)30-19-8-5-7-18(27)25(19)33-2)17-9-10-28-13-20(17)35-14-16-6-3-4-11-34-16/h5,7-10,13,15-16,30-31H,3-4,6,11-12,14H2,1-2H3,(H,29,32)/t15-,16+/m1/s1. The van der Waals surface area contributed by atoms with Crippen molar-refractivity contribution in [2.24, 2.45) is 0 Å². The first-order chi connectivity index (χ1) is 17.1. The number of aromatic amines is 1. The number of benzene rings is 1. The van der Waals surface area contributed by atoms with Crippen LogP contribution < -0.4 is 20.1 Å². The van der Waals surface area contributed by atoms with Gasteiger partial charge in [0.05, 0.1) is 47.1 Å². The topological polar surface area (TPSA) is 97.5 Å². The number of H-pyrrole nitrogens is 1. The van der Waals surface area contributed by atoms with Crippen LogP contribution in [0.15, 0.2) is 36.7 Å². The average molecular weight is 497 g/mol. The van der Waals surface area contributed by atoms with Crippen molar-refractivity contribution in [1.29, 1.82) is 0 Å². The molecule has 1 fully saturated rings. The average Bonchev–Trinajstić information content (AvgIpc) is 3.26. The van der Waals surface area contributed by atoms with E-state index >= 15 is 0 Å². The lowest BCUT2D eigenvalue weighted by atomic mass is 9.98. The van der Waals surface area contributed by atoms with E-state index in [-0.39, 0.29) is 17.9 Å². The van der Waals surface area contributed by atoms with Crippen LogP contribution in [0.3, 0.4) is 0 Å². The van der Waals surface area contributed by atoms with Gasteiger partial charge < -0.3 is 29.8 Å². The zero-order valence-electron chi connectivity index (χ0n) is 19.8. The summed E-state index contributed by atoms with van der Waals surface area (Å²) in [4.78, 5) is 20.8. The molecule has 0 radical (unpaired) electrons. The molecule has 184 valence electrons. The molecule has 9 heteroatoms. The number of carbonyl (C=O) groups excluding carboxylic acids is 1. The number of methoxy groups -OCH3 is 1. The summed E-state index contributed by atoms with van der Waals surface area (Å²) in [5.74, 6) is 1.09. The molecule has 5 rings (SSSR count). The predicted octanol–water partition coefficient (Wildman–Crippen LogP) is 5.28. The van der Waals surface area contributed by atoms with Gasteiger partial charge >= 0.3 is 0 Å². The Morgan fingerprint density at radius 2 is 2.17 bits per heavy atom. The maximum atomic E-state index is 13.0. The number of para-hydroxylation sites is 1. The minimum Gasteiger partial charge on any atom is -0.493 e. The van der Waals surface area contributed by atoms with Gasteiger partial charge in [-0.05, 0) is 37.5 Å². The molecule has 2 aliphatic rings. The Balaban J connectivity index is 1.58. The fourth-order valence-corrected chi connectivity index (χ4v) is 4.91. The van der Waals surface area contributed by atoms with E-state index in [1.807, 2.05) is 18.2 Å². The highest BCUT2D eigenvalue weighted by atomic mass is 35.5. The number of rotatable bonds is 7. The second-order valence-electron chi connectivity index (χ2n) is 8.89. The molecule has 1 aromatic carbocycles. The van der Waals surface area contributed by atoms with Crippen LogP contribution in [0.4, 0.5) is 11.4 Å². The summed E-state index contributed by atoms with van der Waals surface area (Å²) in [6.07, 6.45) is 6.68. The van der Waals surface area contributed by atoms with Gasteiger partial charge in [-0.1, -0.05) is 24.6 Å². The number of anilines is 2. The third-order valence-electron chi connectivity index (χ3n) is 6.50. The smallest absolute Gasteiger partial charge is 0.255 e. The van der Waals surface area contributed by atoms with Crippen LogP contribution in [0, 0.1) is 0 Å². The molecule has 1 saturated heterocycles. The number of aromatic nitrogens is 2. The third-order valence-corrected chi connectivity index (χ3v) is 6.80. The van der Waals surface area contributed by atoms with Gasteiger partial charge in [-0.25, -0.2) is 0 Å². The highest BCUT2D eigenvalue weighted by molar-refractivity contribution is 6.32. The number of amides is 1. The van der Waals surface area contributed by atoms with E-state index in [0.29, 0.717) is 46.6 Å². The van der Waals surface area contributed by atoms with Crippen LogP contribution in [0.1, 0.15) is 48.2 Å². The number of nitrogens with zero attached hydrogens (tertiary/aromatic N) is 1. The van der Waals surface area contributed by atoms with Gasteiger partial charge in [-0.3, -0.25) is 9.78 Å². The SMILES string of the molecule is COc1c(Cl)cccc1Nc1c(-c2ccncc2OC[C@@H]2CCCCO2)[nH]c2c1C(=O)NC[C@H]2C. The molecule has 2 atom stereocenters. The number of pyridine rings is 1. The minimum atomic E-state index is -0.142. The quantitative estimate of drug-likeness (QED) is 0.412. The fraction of sp³-hybridized carbons (Fsp3) is 0.385. The lowest BCUT2D eigenvalue weighted by Crippen LogP contribution is -2.33. The predicted molar refractivity (Wildman–Crippen MR) is 135 cm³/mol. The van der Waals surface area contributed by atoms with Crippen molar-refractivity contribution in [1.82, 2.24) is 15.3 Å². The molecule has 1 amide bonds. The van der Waals surface area contributed by atoms with Gasteiger partial charge in [0.1, 0.15) is 12.4 Å². The summed E-state index contributed by atoms with van der Waals surface area (Å²) in [5.41, 5.74) is 4.26. The molecule has 4 heterocycles. The summed E-state index contributed by atoms with van der Waals surface area (Å²) in [6.45, 7) is 3.85. The number of hydrogen-bond donors (Lipinski definition) is 3. The first-order valence-electron chi connectivity index (χ1n) is 11.9. The summed E-state index contributed by atoms with van der Waals surface area (Å²) < 4.78 is 17.6. The van der Waals surface area contributed by atoms with E-state index in [1.165, 1.54) is 0 Å². The minimum absolute atomic E-state index is 0.0628. The number of carbonyl (C=O) groups is 1. The number of halogens is 1. The normalized spacial score (nSPS) is 19.6. The van der Waals surface area contributed by atoms with Crippen molar-refractivity contribution in [3.63, 3.8) is 0 Å². The second kappa shape index (κ2) is 10.2. The van der Waals surface area contributed by atoms with Gasteiger partial charge in [0.25, 0.3) is 5.91 Å². The molecule has 0 bridgehead atoms. The van der Waals surface area contributed by atoms with Crippen molar-refractivity contribution in [3.8, 4) is 22.8 Å². The highest BCUT2D eigenvalue weighted by Gasteiger charge is 2.32. The first-order valence-corrected chi connectivity index (χ1v) is 12.3. The van der Waals surface area contributed by atoms with Crippen LogP contribution in [0.2, 0.25) is 5.02 Å². The molecule has 0 aliphatic carbocycles. The molecule has 2 aromatic heterocycles. The molecule has 0 saturated carbocycles. The molecule has 0 unspecified atom stereocenters. The molecule has 2 aliphatic heterocycles. The van der Waals surface area contributed by atoms with Crippen LogP contribution in [0.5, 0.6) is 11.5 Å². The molecular formula is C26H29ClN4O4. The van der Waals surface area contributed by atoms with Gasteiger partial charge in [-0.15, -0.1) is 0 Å². The zero-order valence-corrected chi connectivity index (χ0v) is 20.6. The van der Waals surface area contributed by atoms with Crippen molar-refractivity contribution >= 4 is 28.9 Å². The van der Waals surface area contributed by atoms with Gasteiger partial charge in [0.15, 0.2) is 5.75 Å². The summed E-state index contributed by atoms with van der Waals surface area (Å²) in [7, 11) is 1.57. The third kappa shape index (κ3) is 4.68. The molecule has 35 heavy (non-hydrogen) atoms. The lowest BCUT2D eigenvalue weighted by Gasteiger charge is -2.23. The summed E-state index contributed by atoms with van der Waals surface area (Å²) >= 11 is 6.37. The van der Waals surface area contributed by atoms with Crippen LogP contribution in [-0.2, 0) is 4.74 Å². The maximum Gasteiger partial charge on any atom is 0.255 e. The largest absolute Gasteiger partial charge is 0.493 e.